The van der Waals surface area contributed by atoms with Crippen LogP contribution in [-0.4, -0.2) is 31.7 Å². The van der Waals surface area contributed by atoms with Gasteiger partial charge in [-0.2, -0.15) is 0 Å². The Morgan fingerprint density at radius 1 is 0.929 bits per heavy atom. The first-order valence-corrected chi connectivity index (χ1v) is 9.60. The monoisotopic (exact) mass is 379 g/mol. The molecule has 0 bridgehead atoms. The van der Waals surface area contributed by atoms with E-state index in [4.69, 9.17) is 9.47 Å². The molecule has 0 N–H and O–H groups in total. The Morgan fingerprint density at radius 2 is 1.54 bits per heavy atom. The van der Waals surface area contributed by atoms with Gasteiger partial charge in [-0.1, -0.05) is 42.5 Å². The van der Waals surface area contributed by atoms with Crippen molar-refractivity contribution in [2.75, 3.05) is 24.7 Å². The maximum atomic E-state index is 12.3. The second-order valence-electron chi connectivity index (χ2n) is 6.50. The van der Waals surface area contributed by atoms with Crippen LogP contribution in [0.1, 0.15) is 30.5 Å². The summed E-state index contributed by atoms with van der Waals surface area (Å²) in [4.78, 5) is 26.9. The maximum absolute atomic E-state index is 12.3. The third-order valence-electron chi connectivity index (χ3n) is 4.70. The van der Waals surface area contributed by atoms with Crippen molar-refractivity contribution in [2.24, 2.45) is 0 Å². The summed E-state index contributed by atoms with van der Waals surface area (Å²) >= 11 is 0. The van der Waals surface area contributed by atoms with Crippen LogP contribution in [0.5, 0.6) is 0 Å². The number of hydrogen-bond donors (Lipinski definition) is 0. The van der Waals surface area contributed by atoms with Gasteiger partial charge in [0.2, 0.25) is 0 Å². The standard InChI is InChI=1S/C23H25NO4/c1-3-27-22(25)20(23(26)28-4-2)15-18-10-7-8-12-21(18)24-14-13-17-9-5-6-11-19(17)16-24/h5-12,15H,3-4,13-14,16H2,1-2H3. The predicted octanol–water partition coefficient (Wildman–Crippen LogP) is 3.76. The number of carbonyl (C=O) groups is 2. The molecule has 0 spiro atoms. The Morgan fingerprint density at radius 3 is 2.21 bits per heavy atom. The molecule has 0 amide bonds. The molecule has 0 saturated heterocycles. The van der Waals surface area contributed by atoms with E-state index >= 15 is 0 Å². The van der Waals surface area contributed by atoms with Gasteiger partial charge < -0.3 is 14.4 Å². The van der Waals surface area contributed by atoms with E-state index in [-0.39, 0.29) is 18.8 Å². The number of esters is 2. The highest BCUT2D eigenvalue weighted by Crippen LogP contribution is 2.29. The predicted molar refractivity (Wildman–Crippen MR) is 109 cm³/mol. The molecule has 5 heteroatoms. The van der Waals surface area contributed by atoms with Gasteiger partial charge in [0, 0.05) is 18.8 Å². The molecule has 3 rings (SSSR count). The lowest BCUT2D eigenvalue weighted by Gasteiger charge is -2.32. The third-order valence-corrected chi connectivity index (χ3v) is 4.70. The molecule has 5 nitrogen and oxygen atoms in total. The molecule has 0 saturated carbocycles. The average molecular weight is 379 g/mol. The zero-order valence-corrected chi connectivity index (χ0v) is 16.3. The van der Waals surface area contributed by atoms with Gasteiger partial charge in [-0.15, -0.1) is 0 Å². The van der Waals surface area contributed by atoms with Gasteiger partial charge in [0.15, 0.2) is 0 Å². The number of benzene rings is 2. The van der Waals surface area contributed by atoms with E-state index in [1.807, 2.05) is 30.3 Å². The average Bonchev–Trinajstić information content (AvgIpc) is 2.72. The number of ether oxygens (including phenoxy) is 2. The molecule has 146 valence electrons. The van der Waals surface area contributed by atoms with E-state index in [1.165, 1.54) is 11.1 Å². The summed E-state index contributed by atoms with van der Waals surface area (Å²) in [5, 5.41) is 0. The fourth-order valence-corrected chi connectivity index (χ4v) is 3.37. The number of para-hydroxylation sites is 1. The van der Waals surface area contributed by atoms with Gasteiger partial charge in [-0.25, -0.2) is 9.59 Å². The lowest BCUT2D eigenvalue weighted by atomic mass is 9.98. The van der Waals surface area contributed by atoms with Crippen LogP contribution in [0.4, 0.5) is 5.69 Å². The summed E-state index contributed by atoms with van der Waals surface area (Å²) in [7, 11) is 0. The summed E-state index contributed by atoms with van der Waals surface area (Å²) in [6.45, 7) is 5.46. The minimum absolute atomic E-state index is 0.0893. The molecular weight excluding hydrogens is 354 g/mol. The van der Waals surface area contributed by atoms with E-state index in [9.17, 15) is 9.59 Å². The molecule has 1 aliphatic rings. The van der Waals surface area contributed by atoms with Gasteiger partial charge >= 0.3 is 11.9 Å². The van der Waals surface area contributed by atoms with Gasteiger partial charge in [0.1, 0.15) is 5.57 Å². The Bertz CT molecular complexity index is 868. The maximum Gasteiger partial charge on any atom is 0.345 e. The van der Waals surface area contributed by atoms with Crippen molar-refractivity contribution >= 4 is 23.7 Å². The number of fused-ring (bicyclic) bond motifs is 1. The fraction of sp³-hybridized carbons (Fsp3) is 0.304. The van der Waals surface area contributed by atoms with Crippen LogP contribution in [0.15, 0.2) is 54.1 Å². The van der Waals surface area contributed by atoms with E-state index in [1.54, 1.807) is 19.9 Å². The zero-order valence-electron chi connectivity index (χ0n) is 16.3. The van der Waals surface area contributed by atoms with E-state index in [0.717, 1.165) is 30.8 Å². The quantitative estimate of drug-likeness (QED) is 0.331. The molecule has 28 heavy (non-hydrogen) atoms. The molecule has 0 atom stereocenters. The van der Waals surface area contributed by atoms with Crippen LogP contribution in [0.3, 0.4) is 0 Å². The first-order chi connectivity index (χ1) is 13.6. The van der Waals surface area contributed by atoms with Crippen LogP contribution in [0.2, 0.25) is 0 Å². The van der Waals surface area contributed by atoms with Crippen molar-refractivity contribution in [3.05, 3.63) is 70.8 Å². The minimum atomic E-state index is -0.667. The number of hydrogen-bond acceptors (Lipinski definition) is 5. The van der Waals surface area contributed by atoms with Crippen LogP contribution in [0, 0.1) is 0 Å². The van der Waals surface area contributed by atoms with Gasteiger partial charge in [-0.3, -0.25) is 0 Å². The molecule has 0 unspecified atom stereocenters. The summed E-state index contributed by atoms with van der Waals surface area (Å²) < 4.78 is 10.1. The first-order valence-electron chi connectivity index (χ1n) is 9.60. The summed E-state index contributed by atoms with van der Waals surface area (Å²) in [6, 6.07) is 16.2. The molecular formula is C23H25NO4. The second kappa shape index (κ2) is 9.22. The fourth-order valence-electron chi connectivity index (χ4n) is 3.37. The van der Waals surface area contributed by atoms with Gasteiger partial charge in [0.05, 0.1) is 13.2 Å². The van der Waals surface area contributed by atoms with Crippen LogP contribution in [-0.2, 0) is 32.0 Å². The second-order valence-corrected chi connectivity index (χ2v) is 6.50. The molecule has 2 aromatic carbocycles. The van der Waals surface area contributed by atoms with E-state index < -0.39 is 11.9 Å². The lowest BCUT2D eigenvalue weighted by Crippen LogP contribution is -2.30. The van der Waals surface area contributed by atoms with Crippen LogP contribution >= 0.6 is 0 Å². The molecule has 0 aliphatic carbocycles. The van der Waals surface area contributed by atoms with Crippen molar-refractivity contribution in [1.29, 1.82) is 0 Å². The van der Waals surface area contributed by atoms with Crippen LogP contribution < -0.4 is 4.90 Å². The Kier molecular flexibility index (Phi) is 6.48. The molecule has 2 aromatic rings. The highest BCUT2D eigenvalue weighted by Gasteiger charge is 2.23. The third kappa shape index (κ3) is 4.42. The van der Waals surface area contributed by atoms with Crippen molar-refractivity contribution < 1.29 is 19.1 Å². The SMILES string of the molecule is CCOC(=O)C(=Cc1ccccc1N1CCc2ccccc2C1)C(=O)OCC. The van der Waals surface area contributed by atoms with Crippen molar-refractivity contribution in [3.63, 3.8) is 0 Å². The number of carbonyl (C=O) groups excluding carboxylic acids is 2. The van der Waals surface area contributed by atoms with Gasteiger partial charge in [-0.05, 0) is 49.1 Å². The Balaban J connectivity index is 1.95. The summed E-state index contributed by atoms with van der Waals surface area (Å²) in [5.41, 5.74) is 4.34. The Labute approximate surface area is 165 Å². The summed E-state index contributed by atoms with van der Waals surface area (Å²) in [5.74, 6) is -1.33. The molecule has 0 fully saturated rings. The first kappa shape index (κ1) is 19.7. The van der Waals surface area contributed by atoms with Crippen molar-refractivity contribution in [1.82, 2.24) is 0 Å². The normalized spacial score (nSPS) is 12.7. The van der Waals surface area contributed by atoms with Crippen molar-refractivity contribution in [3.8, 4) is 0 Å². The largest absolute Gasteiger partial charge is 0.462 e. The minimum Gasteiger partial charge on any atom is -0.462 e. The number of nitrogens with zero attached hydrogens (tertiary/aromatic N) is 1. The molecule has 0 aromatic heterocycles. The van der Waals surface area contributed by atoms with Crippen LogP contribution in [0.25, 0.3) is 6.08 Å². The Hall–Kier alpha value is -3.08. The number of rotatable bonds is 6. The van der Waals surface area contributed by atoms with E-state index in [0.29, 0.717) is 0 Å². The van der Waals surface area contributed by atoms with E-state index in [2.05, 4.69) is 23.1 Å². The summed E-state index contributed by atoms with van der Waals surface area (Å²) in [6.07, 6.45) is 2.53. The smallest absolute Gasteiger partial charge is 0.345 e. The highest BCUT2D eigenvalue weighted by molar-refractivity contribution is 6.18. The molecule has 0 radical (unpaired) electrons. The zero-order chi connectivity index (χ0) is 19.9. The van der Waals surface area contributed by atoms with Crippen molar-refractivity contribution in [2.45, 2.75) is 26.8 Å². The highest BCUT2D eigenvalue weighted by atomic mass is 16.6. The lowest BCUT2D eigenvalue weighted by molar-refractivity contribution is -0.146. The molecule has 1 heterocycles. The topological polar surface area (TPSA) is 55.8 Å². The number of anilines is 1. The van der Waals surface area contributed by atoms with Gasteiger partial charge in [0.25, 0.3) is 0 Å². The molecule has 1 aliphatic heterocycles.